The van der Waals surface area contributed by atoms with Gasteiger partial charge in [0.05, 0.1) is 0 Å². The van der Waals surface area contributed by atoms with Crippen LogP contribution in [-0.4, -0.2) is 46.0 Å². The summed E-state index contributed by atoms with van der Waals surface area (Å²) in [6, 6.07) is 10.5. The number of carboxylic acids is 1. The van der Waals surface area contributed by atoms with E-state index in [0.29, 0.717) is 31.4 Å². The molecular formula is C22H25NO6. The smallest absolute Gasteiger partial charge is 0.411 e. The highest BCUT2D eigenvalue weighted by atomic mass is 16.6. The van der Waals surface area contributed by atoms with Crippen LogP contribution in [0.5, 0.6) is 0 Å². The normalized spacial score (nSPS) is 19.2. The van der Waals surface area contributed by atoms with E-state index < -0.39 is 23.2 Å². The number of benzene rings is 1. The first-order valence-electron chi connectivity index (χ1n) is 9.53. The van der Waals surface area contributed by atoms with Crippen LogP contribution < -0.4 is 0 Å². The zero-order valence-corrected chi connectivity index (χ0v) is 16.8. The van der Waals surface area contributed by atoms with Crippen molar-refractivity contribution in [1.82, 2.24) is 4.90 Å². The van der Waals surface area contributed by atoms with E-state index in [2.05, 4.69) is 0 Å². The third-order valence-corrected chi connectivity index (χ3v) is 4.98. The number of likely N-dealkylation sites (tertiary alicyclic amines) is 1. The van der Waals surface area contributed by atoms with Gasteiger partial charge in [-0.2, -0.15) is 0 Å². The third kappa shape index (κ3) is 4.34. The minimum absolute atomic E-state index is 0.180. The molecule has 0 unspecified atom stereocenters. The van der Waals surface area contributed by atoms with Crippen LogP contribution in [0.3, 0.4) is 0 Å². The summed E-state index contributed by atoms with van der Waals surface area (Å²) in [4.78, 5) is 37.0. The number of nitrogens with zero attached hydrogens (tertiary/aromatic N) is 1. The van der Waals surface area contributed by atoms with Gasteiger partial charge in [0.25, 0.3) is 0 Å². The lowest BCUT2D eigenvalue weighted by atomic mass is 9.88. The Balaban J connectivity index is 1.83. The minimum Gasteiger partial charge on any atom is -0.479 e. The molecular weight excluding hydrogens is 374 g/mol. The number of furan rings is 1. The molecule has 7 nitrogen and oxygen atoms in total. The highest BCUT2D eigenvalue weighted by Gasteiger charge is 2.51. The number of hydrogen-bond donors (Lipinski definition) is 1. The fourth-order valence-electron chi connectivity index (χ4n) is 3.64. The highest BCUT2D eigenvalue weighted by Crippen LogP contribution is 2.35. The molecule has 1 aliphatic rings. The van der Waals surface area contributed by atoms with Gasteiger partial charge in [0.2, 0.25) is 0 Å². The number of amides is 1. The van der Waals surface area contributed by atoms with Crippen LogP contribution in [0.25, 0.3) is 11.3 Å². The molecule has 1 aromatic heterocycles. The van der Waals surface area contributed by atoms with Crippen molar-refractivity contribution in [1.29, 1.82) is 0 Å². The lowest BCUT2D eigenvalue weighted by Gasteiger charge is -2.36. The number of carbonyl (C=O) groups is 3. The zero-order chi connectivity index (χ0) is 21.2. The summed E-state index contributed by atoms with van der Waals surface area (Å²) < 4.78 is 10.9. The van der Waals surface area contributed by atoms with Gasteiger partial charge in [-0.05, 0) is 51.3 Å². The predicted molar refractivity (Wildman–Crippen MR) is 106 cm³/mol. The number of rotatable bonds is 5. The number of aliphatic carboxylic acids is 1. The molecule has 1 saturated heterocycles. The molecule has 0 saturated carbocycles. The van der Waals surface area contributed by atoms with E-state index in [1.54, 1.807) is 32.9 Å². The largest absolute Gasteiger partial charge is 0.479 e. The Morgan fingerprint density at radius 1 is 1.21 bits per heavy atom. The van der Waals surface area contributed by atoms with E-state index in [0.717, 1.165) is 11.1 Å². The molecule has 1 fully saturated rings. The van der Waals surface area contributed by atoms with Crippen LogP contribution in [0.2, 0.25) is 0 Å². The average Bonchev–Trinajstić information content (AvgIpc) is 3.28. The lowest BCUT2D eigenvalue weighted by molar-refractivity contribution is -0.149. The van der Waals surface area contributed by atoms with Gasteiger partial charge in [-0.1, -0.05) is 24.3 Å². The maximum absolute atomic E-state index is 12.6. The van der Waals surface area contributed by atoms with Gasteiger partial charge < -0.3 is 14.3 Å². The van der Waals surface area contributed by atoms with Crippen LogP contribution in [0.4, 0.5) is 4.79 Å². The molecule has 1 amide bonds. The summed E-state index contributed by atoms with van der Waals surface area (Å²) in [7, 11) is 0. The van der Waals surface area contributed by atoms with Crippen molar-refractivity contribution in [2.24, 2.45) is 0 Å². The Kier molecular flexibility index (Phi) is 5.50. The number of ether oxygens (including phenoxy) is 1. The van der Waals surface area contributed by atoms with Gasteiger partial charge in [0.1, 0.15) is 16.9 Å². The van der Waals surface area contributed by atoms with Crippen molar-refractivity contribution in [3.05, 3.63) is 47.7 Å². The Morgan fingerprint density at radius 3 is 2.45 bits per heavy atom. The number of hydrogen-bond acceptors (Lipinski definition) is 5. The molecule has 154 valence electrons. The number of carbonyl (C=O) groups excluding carboxylic acids is 2. The molecule has 1 N–H and O–H groups in total. The molecule has 2 aromatic rings. The Labute approximate surface area is 169 Å². The standard InChI is InChI=1S/C22H25NO6/c1-21(2,3)29-20(27)23-12-4-11-22(23,19(25)26)13-15-5-7-16(8-6-15)18-10-9-17(14-24)28-18/h5-10,14H,4,11-13H2,1-3H3,(H,25,26)/t22-/m1/s1. The van der Waals surface area contributed by atoms with Crippen molar-refractivity contribution >= 4 is 18.3 Å². The monoisotopic (exact) mass is 399 g/mol. The molecule has 1 aliphatic heterocycles. The Morgan fingerprint density at radius 2 is 1.90 bits per heavy atom. The molecule has 29 heavy (non-hydrogen) atoms. The van der Waals surface area contributed by atoms with Crippen molar-refractivity contribution in [3.63, 3.8) is 0 Å². The van der Waals surface area contributed by atoms with Gasteiger partial charge in [0.15, 0.2) is 12.0 Å². The van der Waals surface area contributed by atoms with Crippen molar-refractivity contribution in [2.75, 3.05) is 6.54 Å². The minimum atomic E-state index is -1.33. The van der Waals surface area contributed by atoms with Crippen molar-refractivity contribution in [3.8, 4) is 11.3 Å². The molecule has 0 spiro atoms. The number of aldehydes is 1. The average molecular weight is 399 g/mol. The SMILES string of the molecule is CC(C)(C)OC(=O)N1CCC[C@@]1(Cc1ccc(-c2ccc(C=O)o2)cc1)C(=O)O. The molecule has 2 heterocycles. The number of carboxylic acid groups (broad SMARTS) is 1. The Hall–Kier alpha value is -3.09. The fraction of sp³-hybridized carbons (Fsp3) is 0.409. The summed E-state index contributed by atoms with van der Waals surface area (Å²) in [6.07, 6.45) is 1.18. The van der Waals surface area contributed by atoms with Crippen LogP contribution >= 0.6 is 0 Å². The highest BCUT2D eigenvalue weighted by molar-refractivity contribution is 5.85. The molecule has 3 rings (SSSR count). The second kappa shape index (κ2) is 7.73. The summed E-state index contributed by atoms with van der Waals surface area (Å²) >= 11 is 0. The second-order valence-electron chi connectivity index (χ2n) is 8.27. The predicted octanol–water partition coefficient (Wildman–Crippen LogP) is 4.16. The van der Waals surface area contributed by atoms with Gasteiger partial charge in [-0.3, -0.25) is 9.69 Å². The van der Waals surface area contributed by atoms with Gasteiger partial charge in [-0.25, -0.2) is 9.59 Å². The summed E-state index contributed by atoms with van der Waals surface area (Å²) in [5.74, 6) is -0.234. The van der Waals surface area contributed by atoms with E-state index in [4.69, 9.17) is 9.15 Å². The molecule has 7 heteroatoms. The molecule has 0 radical (unpaired) electrons. The van der Waals surface area contributed by atoms with Gasteiger partial charge in [-0.15, -0.1) is 0 Å². The van der Waals surface area contributed by atoms with Crippen molar-refractivity contribution < 1.29 is 28.6 Å². The van der Waals surface area contributed by atoms with Crippen LogP contribution in [0.1, 0.15) is 49.7 Å². The second-order valence-corrected chi connectivity index (χ2v) is 8.27. The Bertz CT molecular complexity index is 908. The molecule has 1 atom stereocenters. The van der Waals surface area contributed by atoms with Crippen LogP contribution in [-0.2, 0) is 16.0 Å². The van der Waals surface area contributed by atoms with Crippen molar-refractivity contribution in [2.45, 2.75) is 51.2 Å². The summed E-state index contributed by atoms with van der Waals surface area (Å²) in [6.45, 7) is 5.62. The maximum Gasteiger partial charge on any atom is 0.411 e. The quantitative estimate of drug-likeness (QED) is 0.759. The lowest BCUT2D eigenvalue weighted by Crippen LogP contribution is -2.55. The maximum atomic E-state index is 12.6. The zero-order valence-electron chi connectivity index (χ0n) is 16.8. The summed E-state index contributed by atoms with van der Waals surface area (Å²) in [5.41, 5.74) is -0.468. The first kappa shape index (κ1) is 20.6. The van der Waals surface area contributed by atoms with E-state index in [1.807, 2.05) is 24.3 Å². The molecule has 1 aromatic carbocycles. The van der Waals surface area contributed by atoms with E-state index >= 15 is 0 Å². The van der Waals surface area contributed by atoms with E-state index in [9.17, 15) is 19.5 Å². The fourth-order valence-corrected chi connectivity index (χ4v) is 3.64. The van der Waals surface area contributed by atoms with Gasteiger partial charge in [0, 0.05) is 18.5 Å². The van der Waals surface area contributed by atoms with Gasteiger partial charge >= 0.3 is 12.1 Å². The van der Waals surface area contributed by atoms with Crippen LogP contribution in [0.15, 0.2) is 40.8 Å². The van der Waals surface area contributed by atoms with E-state index in [-0.39, 0.29) is 12.2 Å². The van der Waals surface area contributed by atoms with Crippen LogP contribution in [0, 0.1) is 0 Å². The molecule has 0 aliphatic carbocycles. The molecule has 0 bridgehead atoms. The topological polar surface area (TPSA) is 97.0 Å². The first-order chi connectivity index (χ1) is 13.6. The summed E-state index contributed by atoms with van der Waals surface area (Å²) in [5, 5.41) is 10.0. The third-order valence-electron chi connectivity index (χ3n) is 4.98. The first-order valence-corrected chi connectivity index (χ1v) is 9.53. The van der Waals surface area contributed by atoms with E-state index in [1.165, 1.54) is 4.90 Å².